The van der Waals surface area contributed by atoms with Crippen molar-refractivity contribution >= 4 is 28.9 Å². The Hall–Kier alpha value is -2.81. The fourth-order valence-electron chi connectivity index (χ4n) is 3.07. The van der Waals surface area contributed by atoms with Crippen molar-refractivity contribution in [2.75, 3.05) is 11.6 Å². The Bertz CT molecular complexity index is 1070. The first-order chi connectivity index (χ1) is 14.8. The number of anilines is 1. The van der Waals surface area contributed by atoms with Gasteiger partial charge in [-0.2, -0.15) is 13.2 Å². The summed E-state index contributed by atoms with van der Waals surface area (Å²) in [6.45, 7) is -0.130. The fourth-order valence-corrected chi connectivity index (χ4v) is 3.63. The predicted octanol–water partition coefficient (Wildman–Crippen LogP) is 5.67. The second kappa shape index (κ2) is 8.74. The summed E-state index contributed by atoms with van der Waals surface area (Å²) in [7, 11) is 0. The van der Waals surface area contributed by atoms with Gasteiger partial charge in [0.25, 0.3) is 0 Å². The monoisotopic (exact) mass is 466 g/mol. The topological polar surface area (TPSA) is 50.3 Å². The molecule has 1 unspecified atom stereocenters. The minimum atomic E-state index is -4.49. The Morgan fingerprint density at radius 1 is 0.968 bits per heavy atom. The van der Waals surface area contributed by atoms with Gasteiger partial charge in [0.2, 0.25) is 0 Å². The van der Waals surface area contributed by atoms with Crippen LogP contribution in [0.25, 0.3) is 11.1 Å². The van der Waals surface area contributed by atoms with Gasteiger partial charge in [0.1, 0.15) is 24.7 Å². The molecule has 2 heterocycles. The first kappa shape index (κ1) is 21.4. The zero-order chi connectivity index (χ0) is 22.0. The van der Waals surface area contributed by atoms with E-state index < -0.39 is 12.2 Å². The summed E-state index contributed by atoms with van der Waals surface area (Å²) in [6, 6.07) is 9.90. The van der Waals surface area contributed by atoms with Crippen LogP contribution >= 0.6 is 23.2 Å². The normalized spacial score (nSPS) is 16.4. The van der Waals surface area contributed by atoms with Crippen molar-refractivity contribution in [2.45, 2.75) is 12.2 Å². The van der Waals surface area contributed by atoms with Gasteiger partial charge in [0.15, 0.2) is 0 Å². The highest BCUT2D eigenvalue weighted by Crippen LogP contribution is 2.38. The molecule has 2 aromatic carbocycles. The van der Waals surface area contributed by atoms with E-state index >= 15 is 0 Å². The van der Waals surface area contributed by atoms with E-state index in [1.807, 2.05) is 12.1 Å². The summed E-state index contributed by atoms with van der Waals surface area (Å²) in [5.41, 5.74) is 4.58. The third-order valence-electron chi connectivity index (χ3n) is 4.56. The van der Waals surface area contributed by atoms with Gasteiger partial charge in [-0.05, 0) is 35.9 Å². The lowest BCUT2D eigenvalue weighted by Crippen LogP contribution is -2.45. The predicted molar refractivity (Wildman–Crippen MR) is 113 cm³/mol. The number of aromatic nitrogens is 2. The van der Waals surface area contributed by atoms with Crippen molar-refractivity contribution in [3.05, 3.63) is 83.0 Å². The maximum absolute atomic E-state index is 13.3. The van der Waals surface area contributed by atoms with Crippen LogP contribution in [0.3, 0.4) is 0 Å². The van der Waals surface area contributed by atoms with E-state index in [4.69, 9.17) is 27.9 Å². The highest BCUT2D eigenvalue weighted by molar-refractivity contribution is 6.39. The molecule has 10 heteroatoms. The SMILES string of the molecule is FC(F)(F)C1C=C(COc2ccc(-c3cncnc3)cc2)N(c2c(Cl)cccc2Cl)N1. The van der Waals surface area contributed by atoms with Crippen LogP contribution in [0.2, 0.25) is 10.0 Å². The molecule has 5 nitrogen and oxygen atoms in total. The summed E-state index contributed by atoms with van der Waals surface area (Å²) in [4.78, 5) is 7.95. The largest absolute Gasteiger partial charge is 0.487 e. The third kappa shape index (κ3) is 4.76. The van der Waals surface area contributed by atoms with Gasteiger partial charge in [-0.1, -0.05) is 41.4 Å². The molecule has 1 atom stereocenters. The summed E-state index contributed by atoms with van der Waals surface area (Å²) >= 11 is 12.4. The quantitative estimate of drug-likeness (QED) is 0.524. The first-order valence-corrected chi connectivity index (χ1v) is 9.84. The Labute approximate surface area is 186 Å². The zero-order valence-corrected chi connectivity index (χ0v) is 17.3. The number of alkyl halides is 3. The molecule has 160 valence electrons. The molecule has 0 fully saturated rings. The van der Waals surface area contributed by atoms with E-state index in [-0.39, 0.29) is 28.0 Å². The Morgan fingerprint density at radius 2 is 1.61 bits per heavy atom. The maximum Gasteiger partial charge on any atom is 0.409 e. The molecule has 0 saturated heterocycles. The average molecular weight is 467 g/mol. The van der Waals surface area contributed by atoms with Crippen LogP contribution in [0.5, 0.6) is 5.75 Å². The minimum absolute atomic E-state index is 0.130. The number of ether oxygens (including phenoxy) is 1. The van der Waals surface area contributed by atoms with E-state index in [1.165, 1.54) is 11.3 Å². The Morgan fingerprint density at radius 3 is 2.23 bits per heavy atom. The van der Waals surface area contributed by atoms with E-state index in [2.05, 4.69) is 15.4 Å². The van der Waals surface area contributed by atoms with Crippen LogP contribution in [0.15, 0.2) is 73.0 Å². The van der Waals surface area contributed by atoms with Gasteiger partial charge >= 0.3 is 6.18 Å². The average Bonchev–Trinajstić information content (AvgIpc) is 3.17. The second-order valence-electron chi connectivity index (χ2n) is 6.65. The molecule has 0 bridgehead atoms. The molecule has 1 aromatic heterocycles. The van der Waals surface area contributed by atoms with Crippen LogP contribution in [-0.4, -0.2) is 28.8 Å². The molecule has 0 amide bonds. The maximum atomic E-state index is 13.3. The molecule has 0 radical (unpaired) electrons. The molecular weight excluding hydrogens is 452 g/mol. The highest BCUT2D eigenvalue weighted by Gasteiger charge is 2.44. The van der Waals surface area contributed by atoms with Gasteiger partial charge in [-0.15, -0.1) is 0 Å². The standard InChI is InChI=1S/C21H15Cl2F3N4O/c22-17-2-1-3-18(23)20(17)30-15(8-19(29-30)21(24,25)26)11-31-16-6-4-13(5-7-16)14-9-27-12-28-10-14/h1-10,12,19,29H,11H2. The summed E-state index contributed by atoms with van der Waals surface area (Å²) in [6.07, 6.45) is 1.36. The molecular formula is C21H15Cl2F3N4O. The molecule has 1 aliphatic heterocycles. The Balaban J connectivity index is 1.54. The molecule has 3 aromatic rings. The van der Waals surface area contributed by atoms with E-state index in [0.717, 1.165) is 17.2 Å². The first-order valence-electron chi connectivity index (χ1n) is 9.09. The van der Waals surface area contributed by atoms with Crippen LogP contribution in [0, 0.1) is 0 Å². The van der Waals surface area contributed by atoms with Crippen molar-refractivity contribution in [3.8, 4) is 16.9 Å². The zero-order valence-electron chi connectivity index (χ0n) is 15.8. The second-order valence-corrected chi connectivity index (χ2v) is 7.47. The van der Waals surface area contributed by atoms with Gasteiger partial charge in [0.05, 0.1) is 21.4 Å². The number of nitrogens with zero attached hydrogens (tertiary/aromatic N) is 3. The third-order valence-corrected chi connectivity index (χ3v) is 5.17. The van der Waals surface area contributed by atoms with E-state index in [1.54, 1.807) is 42.7 Å². The number of hydrogen-bond acceptors (Lipinski definition) is 5. The van der Waals surface area contributed by atoms with Crippen molar-refractivity contribution in [3.63, 3.8) is 0 Å². The van der Waals surface area contributed by atoms with Crippen molar-refractivity contribution in [2.24, 2.45) is 0 Å². The van der Waals surface area contributed by atoms with E-state index in [0.29, 0.717) is 5.75 Å². The molecule has 0 spiro atoms. The van der Waals surface area contributed by atoms with Crippen molar-refractivity contribution in [1.82, 2.24) is 15.4 Å². The lowest BCUT2D eigenvalue weighted by Gasteiger charge is -2.26. The molecule has 4 rings (SSSR count). The number of hydrogen-bond donors (Lipinski definition) is 1. The van der Waals surface area contributed by atoms with Gasteiger partial charge in [0, 0.05) is 18.0 Å². The summed E-state index contributed by atoms with van der Waals surface area (Å²) in [5.74, 6) is 0.488. The van der Waals surface area contributed by atoms with Gasteiger partial charge in [-0.25, -0.2) is 15.4 Å². The number of nitrogens with one attached hydrogen (secondary N) is 1. The molecule has 0 aliphatic carbocycles. The van der Waals surface area contributed by atoms with Gasteiger partial charge < -0.3 is 4.74 Å². The van der Waals surface area contributed by atoms with Crippen LogP contribution in [0.1, 0.15) is 0 Å². The molecule has 1 aliphatic rings. The van der Waals surface area contributed by atoms with Crippen LogP contribution in [0.4, 0.5) is 18.9 Å². The van der Waals surface area contributed by atoms with Crippen molar-refractivity contribution in [1.29, 1.82) is 0 Å². The minimum Gasteiger partial charge on any atom is -0.487 e. The molecule has 31 heavy (non-hydrogen) atoms. The number of para-hydroxylation sites is 1. The number of hydrazine groups is 1. The smallest absolute Gasteiger partial charge is 0.409 e. The van der Waals surface area contributed by atoms with E-state index in [9.17, 15) is 13.2 Å². The number of benzene rings is 2. The lowest BCUT2D eigenvalue weighted by atomic mass is 10.1. The molecule has 0 saturated carbocycles. The van der Waals surface area contributed by atoms with Crippen LogP contribution in [-0.2, 0) is 0 Å². The highest BCUT2D eigenvalue weighted by atomic mass is 35.5. The lowest BCUT2D eigenvalue weighted by molar-refractivity contribution is -0.142. The number of halogens is 5. The van der Waals surface area contributed by atoms with Gasteiger partial charge in [-0.3, -0.25) is 5.01 Å². The summed E-state index contributed by atoms with van der Waals surface area (Å²) < 4.78 is 45.8. The van der Waals surface area contributed by atoms with Crippen molar-refractivity contribution < 1.29 is 17.9 Å². The van der Waals surface area contributed by atoms with Crippen LogP contribution < -0.4 is 15.2 Å². The fraction of sp³-hybridized carbons (Fsp3) is 0.143. The summed E-state index contributed by atoms with van der Waals surface area (Å²) in [5, 5.41) is 1.64. The Kier molecular flexibility index (Phi) is 6.04. The molecule has 1 N–H and O–H groups in total. The number of rotatable bonds is 5.